The first-order valence-electron chi connectivity index (χ1n) is 11.0. The summed E-state index contributed by atoms with van der Waals surface area (Å²) in [6.45, 7) is 2.97. The van der Waals surface area contributed by atoms with Gasteiger partial charge in [-0.1, -0.05) is 32.6 Å². The van der Waals surface area contributed by atoms with Gasteiger partial charge in [0.25, 0.3) is 0 Å². The highest BCUT2D eigenvalue weighted by Crippen LogP contribution is 2.39. The number of carboxylic acid groups (broad SMARTS) is 1. The fourth-order valence-electron chi connectivity index (χ4n) is 3.32. The van der Waals surface area contributed by atoms with E-state index in [-0.39, 0.29) is 12.3 Å². The third-order valence-electron chi connectivity index (χ3n) is 4.99. The normalized spacial score (nSPS) is 20.3. The fraction of sp³-hybridized carbons (Fsp3) is 0.905. The van der Waals surface area contributed by atoms with E-state index in [2.05, 4.69) is 24.9 Å². The molecule has 1 aliphatic rings. The molecule has 0 aromatic heterocycles. The van der Waals surface area contributed by atoms with E-state index in [0.717, 1.165) is 44.4 Å². The standard InChI is InChI=1S/C21H39NO3S4/c1-2-3-4-7-17(11-14-26)28-16-19(23)22-13-10-21-27-15-12-18(29-21)8-5-6-9-20(24)25/h17-18,21,26H,2-16H2,1H3,(H,22,23)(H,24,25). The second kappa shape index (κ2) is 18.0. The first-order valence-corrected chi connectivity index (χ1v) is 14.7. The van der Waals surface area contributed by atoms with Crippen LogP contribution in [0.1, 0.15) is 77.6 Å². The number of hydrogen-bond acceptors (Lipinski definition) is 6. The molecule has 0 saturated carbocycles. The molecule has 0 aliphatic carbocycles. The number of amides is 1. The number of carbonyl (C=O) groups is 2. The number of unbranched alkanes of at least 4 members (excludes halogenated alkanes) is 3. The van der Waals surface area contributed by atoms with Crippen LogP contribution < -0.4 is 5.32 Å². The maximum atomic E-state index is 12.2. The molecule has 0 aromatic rings. The van der Waals surface area contributed by atoms with Gasteiger partial charge in [-0.2, -0.15) is 12.6 Å². The Labute approximate surface area is 195 Å². The molecular weight excluding hydrogens is 443 g/mol. The van der Waals surface area contributed by atoms with Crippen LogP contribution in [0.4, 0.5) is 0 Å². The summed E-state index contributed by atoms with van der Waals surface area (Å²) in [4.78, 5) is 22.8. The summed E-state index contributed by atoms with van der Waals surface area (Å²) in [5.74, 6) is 2.09. The predicted octanol–water partition coefficient (Wildman–Crippen LogP) is 5.70. The molecule has 0 bridgehead atoms. The van der Waals surface area contributed by atoms with Gasteiger partial charge in [0.2, 0.25) is 5.91 Å². The highest BCUT2D eigenvalue weighted by atomic mass is 32.2. The second-order valence-electron chi connectivity index (χ2n) is 7.57. The van der Waals surface area contributed by atoms with E-state index >= 15 is 0 Å². The van der Waals surface area contributed by atoms with Crippen molar-refractivity contribution in [1.82, 2.24) is 5.32 Å². The van der Waals surface area contributed by atoms with Crippen molar-refractivity contribution in [3.05, 3.63) is 0 Å². The van der Waals surface area contributed by atoms with Crippen molar-refractivity contribution < 1.29 is 14.7 Å². The number of hydrogen-bond donors (Lipinski definition) is 3. The minimum atomic E-state index is -0.693. The molecule has 3 atom stereocenters. The number of thiol groups is 1. The minimum absolute atomic E-state index is 0.158. The Hall–Kier alpha value is 0.340. The highest BCUT2D eigenvalue weighted by Gasteiger charge is 2.22. The van der Waals surface area contributed by atoms with Gasteiger partial charge in [-0.25, -0.2) is 0 Å². The zero-order chi connectivity index (χ0) is 21.3. The number of carbonyl (C=O) groups excluding carboxylic acids is 1. The van der Waals surface area contributed by atoms with Gasteiger partial charge in [-0.3, -0.25) is 9.59 Å². The lowest BCUT2D eigenvalue weighted by molar-refractivity contribution is -0.137. The summed E-state index contributed by atoms with van der Waals surface area (Å²) < 4.78 is 0.548. The lowest BCUT2D eigenvalue weighted by Gasteiger charge is -2.28. The zero-order valence-electron chi connectivity index (χ0n) is 17.8. The van der Waals surface area contributed by atoms with Gasteiger partial charge in [0.05, 0.1) is 10.3 Å². The lowest BCUT2D eigenvalue weighted by atomic mass is 10.1. The van der Waals surface area contributed by atoms with Crippen LogP contribution in [0.2, 0.25) is 0 Å². The van der Waals surface area contributed by atoms with Crippen molar-refractivity contribution in [2.75, 3.05) is 23.8 Å². The van der Waals surface area contributed by atoms with E-state index in [1.165, 1.54) is 37.9 Å². The summed E-state index contributed by atoms with van der Waals surface area (Å²) in [6.07, 6.45) is 11.4. The Kier molecular flexibility index (Phi) is 17.0. The summed E-state index contributed by atoms with van der Waals surface area (Å²) in [5, 5.41) is 13.0. The van der Waals surface area contributed by atoms with Crippen LogP contribution in [0.15, 0.2) is 0 Å². The third kappa shape index (κ3) is 14.9. The molecule has 29 heavy (non-hydrogen) atoms. The van der Waals surface area contributed by atoms with E-state index in [1.807, 2.05) is 23.5 Å². The van der Waals surface area contributed by atoms with E-state index < -0.39 is 5.97 Å². The van der Waals surface area contributed by atoms with Gasteiger partial charge in [-0.05, 0) is 50.0 Å². The zero-order valence-corrected chi connectivity index (χ0v) is 21.1. The topological polar surface area (TPSA) is 66.4 Å². The minimum Gasteiger partial charge on any atom is -0.481 e. The van der Waals surface area contributed by atoms with E-state index in [0.29, 0.717) is 20.8 Å². The number of aliphatic carboxylic acids is 1. The molecule has 2 N–H and O–H groups in total. The van der Waals surface area contributed by atoms with E-state index in [9.17, 15) is 9.59 Å². The van der Waals surface area contributed by atoms with Crippen LogP contribution in [0.5, 0.6) is 0 Å². The third-order valence-corrected chi connectivity index (χ3v) is 9.83. The summed E-state index contributed by atoms with van der Waals surface area (Å²) in [6, 6.07) is 0. The van der Waals surface area contributed by atoms with Crippen LogP contribution >= 0.6 is 47.9 Å². The first kappa shape index (κ1) is 27.4. The Balaban J connectivity index is 2.14. The molecule has 0 spiro atoms. The Morgan fingerprint density at radius 1 is 1.21 bits per heavy atom. The molecular formula is C21H39NO3S4. The fourth-order valence-corrected chi connectivity index (χ4v) is 8.34. The van der Waals surface area contributed by atoms with Crippen molar-refractivity contribution in [1.29, 1.82) is 0 Å². The summed E-state index contributed by atoms with van der Waals surface area (Å²) >= 11 is 10.2. The van der Waals surface area contributed by atoms with Crippen LogP contribution in [0, 0.1) is 0 Å². The molecule has 0 aromatic carbocycles. The van der Waals surface area contributed by atoms with Crippen molar-refractivity contribution in [2.45, 2.75) is 92.6 Å². The molecule has 1 saturated heterocycles. The molecule has 170 valence electrons. The van der Waals surface area contributed by atoms with Gasteiger partial charge in [0, 0.05) is 23.5 Å². The quantitative estimate of drug-likeness (QED) is 0.183. The number of thioether (sulfide) groups is 3. The summed E-state index contributed by atoms with van der Waals surface area (Å²) in [7, 11) is 0. The van der Waals surface area contributed by atoms with E-state index in [1.54, 1.807) is 11.8 Å². The monoisotopic (exact) mass is 481 g/mol. The van der Waals surface area contributed by atoms with Crippen LogP contribution in [-0.2, 0) is 9.59 Å². The first-order chi connectivity index (χ1) is 14.0. The van der Waals surface area contributed by atoms with Crippen molar-refractivity contribution >= 4 is 59.8 Å². The molecule has 1 aliphatic heterocycles. The molecule has 1 heterocycles. The van der Waals surface area contributed by atoms with Gasteiger partial charge in [0.15, 0.2) is 0 Å². The number of nitrogens with one attached hydrogen (secondary N) is 1. The maximum absolute atomic E-state index is 12.2. The average molecular weight is 482 g/mol. The van der Waals surface area contributed by atoms with Crippen molar-refractivity contribution in [3.8, 4) is 0 Å². The number of rotatable bonds is 17. The predicted molar refractivity (Wildman–Crippen MR) is 135 cm³/mol. The van der Waals surface area contributed by atoms with E-state index in [4.69, 9.17) is 5.11 Å². The molecule has 1 fully saturated rings. The Bertz CT molecular complexity index is 454. The second-order valence-corrected chi connectivity index (χ2v) is 12.4. The van der Waals surface area contributed by atoms with Crippen molar-refractivity contribution in [3.63, 3.8) is 0 Å². The molecule has 8 heteroatoms. The maximum Gasteiger partial charge on any atom is 0.303 e. The molecule has 1 amide bonds. The summed E-state index contributed by atoms with van der Waals surface area (Å²) in [5.41, 5.74) is 0. The van der Waals surface area contributed by atoms with Gasteiger partial charge in [-0.15, -0.1) is 35.3 Å². The smallest absolute Gasteiger partial charge is 0.303 e. The average Bonchev–Trinajstić information content (AvgIpc) is 2.70. The molecule has 3 unspecified atom stereocenters. The lowest BCUT2D eigenvalue weighted by Crippen LogP contribution is -2.29. The Morgan fingerprint density at radius 2 is 2.03 bits per heavy atom. The van der Waals surface area contributed by atoms with Gasteiger partial charge >= 0.3 is 5.97 Å². The Morgan fingerprint density at radius 3 is 2.76 bits per heavy atom. The molecule has 1 rings (SSSR count). The van der Waals surface area contributed by atoms with Crippen LogP contribution in [-0.4, -0.2) is 55.9 Å². The van der Waals surface area contributed by atoms with Crippen LogP contribution in [0.25, 0.3) is 0 Å². The van der Waals surface area contributed by atoms with Crippen LogP contribution in [0.3, 0.4) is 0 Å². The molecule has 4 nitrogen and oxygen atoms in total. The van der Waals surface area contributed by atoms with Gasteiger partial charge < -0.3 is 10.4 Å². The number of carboxylic acids is 1. The van der Waals surface area contributed by atoms with Gasteiger partial charge in [0.1, 0.15) is 0 Å². The molecule has 0 radical (unpaired) electrons. The largest absolute Gasteiger partial charge is 0.481 e. The highest BCUT2D eigenvalue weighted by molar-refractivity contribution is 8.17. The SMILES string of the molecule is CCCCCC(CCS)SCC(=O)NCCC1SCCC(CCCCC(=O)O)S1. The van der Waals surface area contributed by atoms with Crippen molar-refractivity contribution in [2.24, 2.45) is 0 Å².